The van der Waals surface area contributed by atoms with Crippen LogP contribution in [0.15, 0.2) is 182 Å². The Hall–Kier alpha value is -6.25. The number of pyridine rings is 1. The Morgan fingerprint density at radius 3 is 1.78 bits per heavy atom. The zero-order valence-electron chi connectivity index (χ0n) is 28.2. The topological polar surface area (TPSA) is 16.1 Å². The average Bonchev–Trinajstić information content (AvgIpc) is 3.41. The van der Waals surface area contributed by atoms with E-state index in [-0.39, 0.29) is 5.41 Å². The fourth-order valence-electron chi connectivity index (χ4n) is 7.80. The van der Waals surface area contributed by atoms with Crippen LogP contribution in [0.1, 0.15) is 25.0 Å². The second-order valence-corrected chi connectivity index (χ2v) is 13.6. The molecular weight excluding hydrogens is 605 g/mol. The summed E-state index contributed by atoms with van der Waals surface area (Å²) in [6, 6.07) is 65.4. The summed E-state index contributed by atoms with van der Waals surface area (Å²) in [5.41, 5.74) is 16.3. The highest BCUT2D eigenvalue weighted by atomic mass is 15.1. The van der Waals surface area contributed by atoms with Crippen LogP contribution in [0.3, 0.4) is 0 Å². The SMILES string of the molecule is CC1(C)c2cc(-c3nc4ccccc4cc3-c3ccccc3)ccc2-c2cccc(N(c3ccccc3)c3ccc(-c4ccccc4)cc3)c21. The summed E-state index contributed by atoms with van der Waals surface area (Å²) in [5, 5.41) is 1.14. The third-order valence-electron chi connectivity index (χ3n) is 10.2. The maximum atomic E-state index is 5.29. The minimum atomic E-state index is -0.266. The molecule has 0 radical (unpaired) electrons. The number of aromatic nitrogens is 1. The van der Waals surface area contributed by atoms with Crippen LogP contribution in [0.5, 0.6) is 0 Å². The molecule has 1 aliphatic carbocycles. The number of hydrogen-bond donors (Lipinski definition) is 0. The molecule has 8 aromatic rings. The summed E-state index contributed by atoms with van der Waals surface area (Å²) in [5.74, 6) is 0. The first-order valence-electron chi connectivity index (χ1n) is 17.3. The van der Waals surface area contributed by atoms with Gasteiger partial charge < -0.3 is 4.90 Å². The monoisotopic (exact) mass is 640 g/mol. The van der Waals surface area contributed by atoms with Crippen molar-refractivity contribution < 1.29 is 0 Å². The van der Waals surface area contributed by atoms with Gasteiger partial charge in [0, 0.05) is 33.3 Å². The van der Waals surface area contributed by atoms with E-state index in [1.807, 2.05) is 0 Å². The van der Waals surface area contributed by atoms with E-state index in [0.717, 1.165) is 39.1 Å². The molecule has 0 atom stereocenters. The van der Waals surface area contributed by atoms with Gasteiger partial charge >= 0.3 is 0 Å². The first-order valence-corrected chi connectivity index (χ1v) is 17.3. The van der Waals surface area contributed by atoms with Gasteiger partial charge in [-0.3, -0.25) is 0 Å². The number of benzene rings is 7. The van der Waals surface area contributed by atoms with E-state index in [9.17, 15) is 0 Å². The molecule has 0 amide bonds. The van der Waals surface area contributed by atoms with Gasteiger partial charge in [-0.2, -0.15) is 0 Å². The van der Waals surface area contributed by atoms with Gasteiger partial charge in [0.2, 0.25) is 0 Å². The molecule has 0 N–H and O–H groups in total. The lowest BCUT2D eigenvalue weighted by atomic mass is 9.80. The fourth-order valence-corrected chi connectivity index (χ4v) is 7.80. The Morgan fingerprint density at radius 2 is 1.04 bits per heavy atom. The van der Waals surface area contributed by atoms with E-state index < -0.39 is 0 Å². The lowest BCUT2D eigenvalue weighted by Gasteiger charge is -2.32. The molecule has 1 heterocycles. The van der Waals surface area contributed by atoms with E-state index in [1.165, 1.54) is 44.6 Å². The first-order chi connectivity index (χ1) is 24.6. The highest BCUT2D eigenvalue weighted by Crippen LogP contribution is 2.55. The van der Waals surface area contributed by atoms with Gasteiger partial charge in [0.1, 0.15) is 0 Å². The summed E-state index contributed by atoms with van der Waals surface area (Å²) in [6.45, 7) is 4.75. The zero-order valence-corrected chi connectivity index (χ0v) is 28.2. The summed E-state index contributed by atoms with van der Waals surface area (Å²) < 4.78 is 0. The average molecular weight is 641 g/mol. The number of nitrogens with zero attached hydrogens (tertiary/aromatic N) is 2. The Labute approximate surface area is 294 Å². The third-order valence-corrected chi connectivity index (χ3v) is 10.2. The van der Waals surface area contributed by atoms with Gasteiger partial charge in [-0.25, -0.2) is 4.98 Å². The predicted molar refractivity (Wildman–Crippen MR) is 210 cm³/mol. The van der Waals surface area contributed by atoms with Crippen LogP contribution in [0, 0.1) is 0 Å². The summed E-state index contributed by atoms with van der Waals surface area (Å²) >= 11 is 0. The molecule has 0 spiro atoms. The Bertz CT molecular complexity index is 2480. The smallest absolute Gasteiger partial charge is 0.0788 e. The van der Waals surface area contributed by atoms with Crippen molar-refractivity contribution in [1.29, 1.82) is 0 Å². The highest BCUT2D eigenvalue weighted by molar-refractivity contribution is 5.95. The van der Waals surface area contributed by atoms with Crippen molar-refractivity contribution in [2.24, 2.45) is 0 Å². The standard InChI is InChI=1S/C48H36N2/c1-48(2)43-32-37(47-42(35-17-8-4-9-18-35)31-36-19-12-13-23-44(36)49-47)27-30-40(43)41-22-14-24-45(46(41)48)50(38-20-10-5-11-21-38)39-28-25-34(26-29-39)33-15-6-3-7-16-33/h3-32H,1-2H3. The number of anilines is 3. The Morgan fingerprint density at radius 1 is 0.440 bits per heavy atom. The van der Waals surface area contributed by atoms with Gasteiger partial charge in [0.25, 0.3) is 0 Å². The molecule has 0 bridgehead atoms. The Balaban J connectivity index is 1.19. The molecule has 0 saturated heterocycles. The fraction of sp³-hybridized carbons (Fsp3) is 0.0625. The molecule has 0 aliphatic heterocycles. The molecule has 7 aromatic carbocycles. The van der Waals surface area contributed by atoms with E-state index in [4.69, 9.17) is 4.98 Å². The van der Waals surface area contributed by atoms with Gasteiger partial charge in [-0.05, 0) is 87.5 Å². The van der Waals surface area contributed by atoms with Crippen LogP contribution in [-0.2, 0) is 5.41 Å². The molecule has 1 aromatic heterocycles. The normalized spacial score (nSPS) is 12.8. The second-order valence-electron chi connectivity index (χ2n) is 13.6. The van der Waals surface area contributed by atoms with Crippen LogP contribution in [0.2, 0.25) is 0 Å². The number of rotatable bonds is 6. The van der Waals surface area contributed by atoms with E-state index in [1.54, 1.807) is 0 Å². The van der Waals surface area contributed by atoms with Gasteiger partial charge in [0.15, 0.2) is 0 Å². The van der Waals surface area contributed by atoms with Gasteiger partial charge in [-0.1, -0.05) is 147 Å². The quantitative estimate of drug-likeness (QED) is 0.180. The molecule has 0 fully saturated rings. The van der Waals surface area contributed by atoms with Crippen molar-refractivity contribution >= 4 is 28.0 Å². The molecule has 50 heavy (non-hydrogen) atoms. The second kappa shape index (κ2) is 12.0. The number of hydrogen-bond acceptors (Lipinski definition) is 2. The van der Waals surface area contributed by atoms with Crippen LogP contribution >= 0.6 is 0 Å². The van der Waals surface area contributed by atoms with Crippen molar-refractivity contribution in [3.63, 3.8) is 0 Å². The lowest BCUT2D eigenvalue weighted by molar-refractivity contribution is 0.661. The van der Waals surface area contributed by atoms with Crippen molar-refractivity contribution in [3.8, 4) is 44.6 Å². The molecule has 0 unspecified atom stereocenters. The minimum absolute atomic E-state index is 0.266. The highest BCUT2D eigenvalue weighted by Gasteiger charge is 2.39. The number of para-hydroxylation sites is 2. The molecular formula is C48H36N2. The predicted octanol–water partition coefficient (Wildman–Crippen LogP) is 13.0. The zero-order chi connectivity index (χ0) is 33.7. The van der Waals surface area contributed by atoms with Gasteiger partial charge in [-0.15, -0.1) is 0 Å². The van der Waals surface area contributed by atoms with Crippen LogP contribution in [0.4, 0.5) is 17.1 Å². The van der Waals surface area contributed by atoms with E-state index in [2.05, 4.69) is 201 Å². The van der Waals surface area contributed by atoms with Crippen LogP contribution in [-0.4, -0.2) is 4.98 Å². The van der Waals surface area contributed by atoms with E-state index in [0.29, 0.717) is 0 Å². The minimum Gasteiger partial charge on any atom is -0.310 e. The Kier molecular flexibility index (Phi) is 7.17. The van der Waals surface area contributed by atoms with Crippen molar-refractivity contribution in [2.75, 3.05) is 4.90 Å². The molecule has 0 saturated carbocycles. The largest absolute Gasteiger partial charge is 0.310 e. The third kappa shape index (κ3) is 5.00. The van der Waals surface area contributed by atoms with Crippen molar-refractivity contribution in [2.45, 2.75) is 19.3 Å². The van der Waals surface area contributed by atoms with Gasteiger partial charge in [0.05, 0.1) is 16.9 Å². The van der Waals surface area contributed by atoms with E-state index >= 15 is 0 Å². The molecule has 9 rings (SSSR count). The van der Waals surface area contributed by atoms with Crippen LogP contribution < -0.4 is 4.90 Å². The number of fused-ring (bicyclic) bond motifs is 4. The first kappa shape index (κ1) is 29.9. The molecule has 1 aliphatic rings. The molecule has 238 valence electrons. The summed E-state index contributed by atoms with van der Waals surface area (Å²) in [7, 11) is 0. The molecule has 2 heteroatoms. The van der Waals surface area contributed by atoms with Crippen molar-refractivity contribution in [1.82, 2.24) is 4.98 Å². The summed E-state index contributed by atoms with van der Waals surface area (Å²) in [4.78, 5) is 7.71. The lowest BCUT2D eigenvalue weighted by Crippen LogP contribution is -2.20. The van der Waals surface area contributed by atoms with Crippen LogP contribution in [0.25, 0.3) is 55.5 Å². The summed E-state index contributed by atoms with van der Waals surface area (Å²) in [6.07, 6.45) is 0. The molecule has 2 nitrogen and oxygen atoms in total. The maximum Gasteiger partial charge on any atom is 0.0788 e. The maximum absolute atomic E-state index is 5.29. The van der Waals surface area contributed by atoms with Crippen molar-refractivity contribution in [3.05, 3.63) is 193 Å².